The molecule has 0 spiro atoms. The summed E-state index contributed by atoms with van der Waals surface area (Å²) < 4.78 is 367. The highest BCUT2D eigenvalue weighted by Gasteiger charge is 2.99. The second-order valence-corrected chi connectivity index (χ2v) is 15.8. The van der Waals surface area contributed by atoms with Crippen LogP contribution in [-0.2, 0) is 11.8 Å². The van der Waals surface area contributed by atoms with Gasteiger partial charge in [0.15, 0.2) is 34.5 Å². The molecule has 0 fully saturated rings. The summed E-state index contributed by atoms with van der Waals surface area (Å²) in [5.74, 6) is -61.8. The van der Waals surface area contributed by atoms with E-state index in [-0.39, 0.29) is 0 Å². The molecule has 2 aromatic rings. The van der Waals surface area contributed by atoms with E-state index in [0.717, 1.165) is 0 Å². The lowest BCUT2D eigenvalue weighted by molar-refractivity contribution is -0.305. The Balaban J connectivity index is 0.000000471. The fourth-order valence-electron chi connectivity index (χ4n) is 8.17. The molecule has 0 N–H and O–H groups in total. The third kappa shape index (κ3) is 5.76. The Morgan fingerprint density at radius 3 is 0.710 bits per heavy atom. The van der Waals surface area contributed by atoms with Crippen LogP contribution in [0, 0.1) is 0 Å². The molecule has 0 saturated carbocycles. The van der Waals surface area contributed by atoms with Crippen molar-refractivity contribution in [1.82, 2.24) is 0 Å². The third-order valence-electron chi connectivity index (χ3n) is 11.3. The lowest BCUT2D eigenvalue weighted by Gasteiger charge is -2.72. The monoisotopic (exact) mass is 954 g/mol. The molecule has 0 aliphatic heterocycles. The van der Waals surface area contributed by atoms with E-state index in [9.17, 15) is 52.7 Å². The molecule has 26 heteroatoms. The van der Waals surface area contributed by atoms with Gasteiger partial charge >= 0.3 is 47.4 Å². The number of thiol groups is 1. The van der Waals surface area contributed by atoms with Gasteiger partial charge in [0.25, 0.3) is 0 Å². The molecule has 4 aliphatic carbocycles. The minimum atomic E-state index is -9.80. The average Bonchev–Trinajstić information content (AvgIpc) is 3.18. The first-order valence-corrected chi connectivity index (χ1v) is 17.9. The fourth-order valence-corrected chi connectivity index (χ4v) is 9.11. The molecule has 6 rings (SSSR count). The van der Waals surface area contributed by atoms with Crippen molar-refractivity contribution in [1.29, 1.82) is 0 Å². The van der Waals surface area contributed by atoms with Gasteiger partial charge in [-0.3, -0.25) is 17.6 Å². The summed E-state index contributed by atoms with van der Waals surface area (Å²) in [6.07, 6.45) is -44.5. The van der Waals surface area contributed by atoms with Gasteiger partial charge in [-0.15, -0.1) is 0 Å². The Hall–Kier alpha value is -3.87. The first-order chi connectivity index (χ1) is 28.0. The van der Waals surface area contributed by atoms with Crippen molar-refractivity contribution in [2.45, 2.75) is 104 Å². The number of alkyl halides is 24. The van der Waals surface area contributed by atoms with Crippen LogP contribution < -0.4 is 0 Å². The van der Waals surface area contributed by atoms with Crippen LogP contribution in [0.1, 0.15) is 0 Å². The van der Waals surface area contributed by atoms with Gasteiger partial charge in [-0.25, -0.2) is 17.6 Å². The quantitative estimate of drug-likeness (QED) is 0.0890. The highest BCUT2D eigenvalue weighted by atomic mass is 32.2. The van der Waals surface area contributed by atoms with Gasteiger partial charge in [0, 0.05) is 11.8 Å². The van der Waals surface area contributed by atoms with Crippen molar-refractivity contribution in [2.24, 2.45) is 0 Å². The summed E-state index contributed by atoms with van der Waals surface area (Å²) >= 11 is 1.28. The van der Waals surface area contributed by atoms with E-state index in [0.29, 0.717) is 0 Å². The number of hydrogen-bond donors (Lipinski definition) is 0. The van der Waals surface area contributed by atoms with E-state index in [1.165, 1.54) is 21.6 Å². The molecule has 0 bridgehead atoms. The van der Waals surface area contributed by atoms with Gasteiger partial charge in [0.2, 0.25) is 6.15 Å². The second kappa shape index (κ2) is 14.6. The van der Waals surface area contributed by atoms with Crippen LogP contribution in [-0.4, -0.2) is 100 Å². The number of rotatable bonds is 6. The molecule has 8 unspecified atom stereocenters. The number of allylic oxidation sites excluding steroid dienone is 8. The van der Waals surface area contributed by atoms with E-state index >= 15 is 52.7 Å². The highest BCUT2D eigenvalue weighted by Crippen LogP contribution is 2.75. The molecule has 2 aromatic carbocycles. The predicted molar refractivity (Wildman–Crippen MR) is 175 cm³/mol. The molecule has 8 atom stereocenters. The summed E-state index contributed by atoms with van der Waals surface area (Å²) in [6, 6.07) is 21.0. The van der Waals surface area contributed by atoms with Crippen molar-refractivity contribution in [2.75, 3.05) is 0 Å². The molecular weight excluding hydrogens is 931 g/mol. The Morgan fingerprint density at radius 2 is 0.516 bits per heavy atom. The molecule has 344 valence electrons. The van der Waals surface area contributed by atoms with E-state index in [1.807, 2.05) is 12.1 Å². The molecule has 0 radical (unpaired) electrons. The van der Waals surface area contributed by atoms with Crippen molar-refractivity contribution < 1.29 is 105 Å². The second-order valence-electron chi connectivity index (χ2n) is 14.6. The molecule has 0 nitrogen and oxygen atoms in total. The summed E-state index contributed by atoms with van der Waals surface area (Å²) in [7, 11) is 0. The van der Waals surface area contributed by atoms with Gasteiger partial charge in [-0.1, -0.05) is 60.7 Å². The largest absolute Gasteiger partial charge is 0.344 e. The lowest BCUT2D eigenvalue weighted by Crippen LogP contribution is -3.00. The van der Waals surface area contributed by atoms with Gasteiger partial charge in [-0.05, 0) is 48.6 Å². The zero-order chi connectivity index (χ0) is 47.4. The normalized spacial score (nSPS) is 38.6. The zero-order valence-electron chi connectivity index (χ0n) is 29.8. The minimum absolute atomic E-state index is 1.28. The first kappa shape index (κ1) is 49.2. The van der Waals surface area contributed by atoms with Crippen molar-refractivity contribution in [3.63, 3.8) is 0 Å². The number of halogens is 24. The Labute approximate surface area is 336 Å². The summed E-state index contributed by atoms with van der Waals surface area (Å²) in [6.45, 7) is 0. The summed E-state index contributed by atoms with van der Waals surface area (Å²) in [4.78, 5) is 2.68. The topological polar surface area (TPSA) is 0 Å². The van der Waals surface area contributed by atoms with Crippen LogP contribution in [0.4, 0.5) is 105 Å². The van der Waals surface area contributed by atoms with Crippen LogP contribution in [0.5, 0.6) is 0 Å². The number of hydrogen-bond acceptors (Lipinski definition) is 0. The molecule has 0 saturated heterocycles. The lowest BCUT2D eigenvalue weighted by atomic mass is 8.97. The molecule has 0 amide bonds. The third-order valence-corrected chi connectivity index (χ3v) is 12.4. The average molecular weight is 954 g/mol. The predicted octanol–water partition coefficient (Wildman–Crippen LogP) is 12.1. The van der Waals surface area contributed by atoms with Crippen LogP contribution in [0.2, 0.25) is 0 Å². The SMILES string of the molecule is FC1C=CC(F)([B-](C2(F)C=CC(F)C(F)(F)C2(F)F)(C2(F)C=CC(F)C(F)(F)C2(F)F)C2(F)C=CC(F)C(F)(F)C2(F)F)C(F)(F)C1(F)F.c1ccc([SH+]c2ccccc2)cc1. The summed E-state index contributed by atoms with van der Waals surface area (Å²) in [5.41, 5.74) is -31.7. The maximum Gasteiger partial charge on any atom is 0.344 e. The Bertz CT molecular complexity index is 1850. The van der Waals surface area contributed by atoms with Gasteiger partial charge in [0.05, 0.1) is 22.3 Å². The van der Waals surface area contributed by atoms with Crippen LogP contribution in [0.3, 0.4) is 0 Å². The van der Waals surface area contributed by atoms with Gasteiger partial charge < -0.3 is 0 Å². The van der Waals surface area contributed by atoms with Crippen LogP contribution in [0.25, 0.3) is 0 Å². The van der Waals surface area contributed by atoms with E-state index in [2.05, 4.69) is 48.5 Å². The Kier molecular flexibility index (Phi) is 11.6. The molecule has 4 aliphatic rings. The highest BCUT2D eigenvalue weighted by molar-refractivity contribution is 7.78. The molecular formula is C36H23BF24S. The first-order valence-electron chi connectivity index (χ1n) is 17.1. The minimum Gasteiger partial charge on any atom is -0.275 e. The van der Waals surface area contributed by atoms with Crippen LogP contribution in [0.15, 0.2) is 119 Å². The maximum atomic E-state index is 17.2. The Morgan fingerprint density at radius 1 is 0.323 bits per heavy atom. The van der Waals surface area contributed by atoms with Crippen molar-refractivity contribution in [3.05, 3.63) is 109 Å². The molecule has 62 heavy (non-hydrogen) atoms. The maximum absolute atomic E-state index is 17.2. The molecule has 0 heterocycles. The van der Waals surface area contributed by atoms with Gasteiger partial charge in [-0.2, -0.15) is 70.2 Å². The molecule has 0 aromatic heterocycles. The van der Waals surface area contributed by atoms with E-state index in [4.69, 9.17) is 0 Å². The van der Waals surface area contributed by atoms with Crippen molar-refractivity contribution in [3.8, 4) is 0 Å². The standard InChI is InChI=1S/C24H12BF24.C12H10S/c26-9-1-5-13(30,21(42,43)17(9,34)35)25(14(31)6-2-10(27)18(36,37)22(14,44)45,15(32)7-3-11(28)19(38,39)23(15,46)47)16(33)8-4-12(29)20(40,41)24(16,48)49;1-3-7-11(8-4-1)13-12-9-5-2-6-10-12/h1-12H;1-10H/q-1;/p+1. The van der Waals surface area contributed by atoms with Crippen molar-refractivity contribution >= 4 is 17.9 Å². The van der Waals surface area contributed by atoms with E-state index in [1.54, 1.807) is 0 Å². The number of benzene rings is 2. The van der Waals surface area contributed by atoms with Crippen LogP contribution >= 0.6 is 0 Å². The zero-order valence-corrected chi connectivity index (χ0v) is 30.7. The van der Waals surface area contributed by atoms with E-state index < -0.39 is 149 Å². The smallest absolute Gasteiger partial charge is 0.275 e. The fraction of sp³-hybridized carbons (Fsp3) is 0.444. The summed E-state index contributed by atoms with van der Waals surface area (Å²) in [5, 5.41) is 0. The van der Waals surface area contributed by atoms with Gasteiger partial charge in [0.1, 0.15) is 0 Å².